The van der Waals surface area contributed by atoms with Crippen LogP contribution in [0.15, 0.2) is 53.5 Å². The van der Waals surface area contributed by atoms with Crippen molar-refractivity contribution in [1.82, 2.24) is 35.0 Å². The Hall–Kier alpha value is -5.81. The van der Waals surface area contributed by atoms with Gasteiger partial charge in [0.1, 0.15) is 16.7 Å². The van der Waals surface area contributed by atoms with Gasteiger partial charge in [0.2, 0.25) is 17.8 Å². The van der Waals surface area contributed by atoms with E-state index < -0.39 is 17.6 Å². The highest BCUT2D eigenvalue weighted by Crippen LogP contribution is 2.55. The van der Waals surface area contributed by atoms with E-state index in [9.17, 15) is 24.0 Å². The molecule has 4 aromatic rings. The number of hydrogen-bond acceptors (Lipinski definition) is 12. The minimum atomic E-state index is -1.34. The standard InChI is InChI=1S/C47H56ClFN10O6/c1-28(2)59-35-9-6-31(20-29(35)22-37(43(59)64)65-25-39(61)50-5)52-40-34(48)23-51-44(54-40)56-18-14-47(49,15-19-56)27-55-16-12-46(13-17-55)26-58(45(46,3)4)32-7-8-33-30(21-32)24-57(42(33)63)36-10-11-38(60)53-41(36)62/h6-9,20-23,28,36H,10-19,24-27H2,1-5H3,(H,50,61)(H,51,52,54)(H,53,60,62). The van der Waals surface area contributed by atoms with Gasteiger partial charge in [-0.15, -0.1) is 0 Å². The molecule has 4 saturated heterocycles. The van der Waals surface area contributed by atoms with Gasteiger partial charge in [0.15, 0.2) is 18.2 Å². The molecule has 3 N–H and O–H groups in total. The third kappa shape index (κ3) is 8.14. The third-order valence-corrected chi connectivity index (χ3v) is 14.9. The molecule has 5 aliphatic rings. The highest BCUT2D eigenvalue weighted by Gasteiger charge is 2.59. The number of anilines is 4. The molecule has 1 atom stereocenters. The molecule has 7 heterocycles. The van der Waals surface area contributed by atoms with E-state index in [1.165, 1.54) is 7.05 Å². The van der Waals surface area contributed by atoms with Crippen LogP contribution in [-0.4, -0.2) is 118 Å². The summed E-state index contributed by atoms with van der Waals surface area (Å²) in [6.45, 7) is 12.2. The van der Waals surface area contributed by atoms with Crippen LogP contribution >= 0.6 is 11.6 Å². The number of likely N-dealkylation sites (tertiary alicyclic amines) is 1. The van der Waals surface area contributed by atoms with Crippen LogP contribution in [-0.2, 0) is 20.9 Å². The van der Waals surface area contributed by atoms with Crippen LogP contribution < -0.4 is 36.0 Å². The quantitative estimate of drug-likeness (QED) is 0.165. The zero-order chi connectivity index (χ0) is 46.0. The van der Waals surface area contributed by atoms with Crippen molar-refractivity contribution in [2.24, 2.45) is 5.41 Å². The van der Waals surface area contributed by atoms with Crippen molar-refractivity contribution >= 4 is 69.3 Å². The summed E-state index contributed by atoms with van der Waals surface area (Å²) < 4.78 is 23.9. The summed E-state index contributed by atoms with van der Waals surface area (Å²) in [5.41, 5.74) is 2.19. The van der Waals surface area contributed by atoms with E-state index in [1.54, 1.807) is 21.7 Å². The Kier molecular flexibility index (Phi) is 11.5. The number of imide groups is 1. The predicted molar refractivity (Wildman–Crippen MR) is 246 cm³/mol. The number of alkyl halides is 1. The van der Waals surface area contributed by atoms with E-state index in [-0.39, 0.29) is 59.1 Å². The lowest BCUT2D eigenvalue weighted by atomic mass is 9.57. The highest BCUT2D eigenvalue weighted by molar-refractivity contribution is 6.33. The second-order valence-electron chi connectivity index (χ2n) is 19.1. The number of carbonyl (C=O) groups excluding carboxylic acids is 4. The second kappa shape index (κ2) is 16.9. The van der Waals surface area contributed by atoms with Gasteiger partial charge in [-0.3, -0.25) is 29.3 Å². The van der Waals surface area contributed by atoms with Crippen molar-refractivity contribution in [3.63, 3.8) is 0 Å². The molecule has 0 bridgehead atoms. The molecule has 2 aromatic heterocycles. The van der Waals surface area contributed by atoms with Crippen molar-refractivity contribution in [2.75, 3.05) is 68.0 Å². The van der Waals surface area contributed by atoms with Crippen molar-refractivity contribution in [3.05, 3.63) is 75.2 Å². The van der Waals surface area contributed by atoms with Crippen molar-refractivity contribution in [3.8, 4) is 5.75 Å². The molecular weight excluding hydrogens is 855 g/mol. The predicted octanol–water partition coefficient (Wildman–Crippen LogP) is 5.34. The molecule has 2 aromatic carbocycles. The topological polar surface area (TPSA) is 174 Å². The van der Waals surface area contributed by atoms with Crippen LogP contribution in [0.25, 0.3) is 10.9 Å². The third-order valence-electron chi connectivity index (χ3n) is 14.7. The molecule has 0 radical (unpaired) electrons. The van der Waals surface area contributed by atoms with Gasteiger partial charge in [-0.25, -0.2) is 9.37 Å². The van der Waals surface area contributed by atoms with Crippen LogP contribution in [0, 0.1) is 5.41 Å². The number of rotatable bonds is 11. The zero-order valence-electron chi connectivity index (χ0n) is 37.5. The Morgan fingerprint density at radius 1 is 1.02 bits per heavy atom. The number of aromatic nitrogens is 3. The number of pyridine rings is 1. The number of ether oxygens (including phenoxy) is 1. The number of piperidine rings is 3. The van der Waals surface area contributed by atoms with Gasteiger partial charge in [0.05, 0.1) is 11.7 Å². The van der Waals surface area contributed by atoms with E-state index in [2.05, 4.69) is 50.6 Å². The number of halogens is 2. The fourth-order valence-electron chi connectivity index (χ4n) is 10.6. The molecule has 0 aliphatic carbocycles. The smallest absolute Gasteiger partial charge is 0.293 e. The van der Waals surface area contributed by atoms with Crippen molar-refractivity contribution in [2.45, 2.75) is 96.1 Å². The molecule has 5 aliphatic heterocycles. The Labute approximate surface area is 381 Å². The van der Waals surface area contributed by atoms with Gasteiger partial charge in [0, 0.05) is 98.4 Å². The zero-order valence-corrected chi connectivity index (χ0v) is 38.3. The summed E-state index contributed by atoms with van der Waals surface area (Å²) in [7, 11) is 1.50. The van der Waals surface area contributed by atoms with Crippen LogP contribution in [0.3, 0.4) is 0 Å². The molecule has 18 heteroatoms. The first-order chi connectivity index (χ1) is 31.0. The normalized spacial score (nSPS) is 21.4. The molecule has 4 fully saturated rings. The molecule has 65 heavy (non-hydrogen) atoms. The lowest BCUT2D eigenvalue weighted by Gasteiger charge is -2.67. The summed E-state index contributed by atoms with van der Waals surface area (Å²) in [6, 6.07) is 12.3. The highest BCUT2D eigenvalue weighted by atomic mass is 35.5. The number of benzene rings is 2. The summed E-state index contributed by atoms with van der Waals surface area (Å²) >= 11 is 6.60. The van der Waals surface area contributed by atoms with Gasteiger partial charge < -0.3 is 39.5 Å². The monoisotopic (exact) mass is 910 g/mol. The Morgan fingerprint density at radius 2 is 1.77 bits per heavy atom. The number of nitrogens with one attached hydrogen (secondary N) is 3. The largest absolute Gasteiger partial charge is 0.478 e. The summed E-state index contributed by atoms with van der Waals surface area (Å²) in [5.74, 6) is -0.319. The minimum absolute atomic E-state index is 0.0682. The Bertz CT molecular complexity index is 2640. The Balaban J connectivity index is 0.795. The van der Waals surface area contributed by atoms with Gasteiger partial charge >= 0.3 is 0 Å². The molecule has 344 valence electrons. The molecular formula is C47H56ClFN10O6. The minimum Gasteiger partial charge on any atom is -0.478 e. The number of fused-ring (bicyclic) bond motifs is 2. The average Bonchev–Trinajstić information content (AvgIpc) is 3.60. The van der Waals surface area contributed by atoms with Crippen LogP contribution in [0.1, 0.15) is 88.2 Å². The van der Waals surface area contributed by atoms with E-state index in [0.717, 1.165) is 49.1 Å². The van der Waals surface area contributed by atoms with Crippen LogP contribution in [0.2, 0.25) is 5.02 Å². The molecule has 1 spiro atoms. The maximum absolute atomic E-state index is 16.6. The number of likely N-dealkylation sites (N-methyl/N-ethyl adjacent to an activating group) is 1. The summed E-state index contributed by atoms with van der Waals surface area (Å²) in [5, 5.41) is 9.20. The van der Waals surface area contributed by atoms with E-state index in [0.29, 0.717) is 79.0 Å². The first-order valence-corrected chi connectivity index (χ1v) is 22.9. The lowest BCUT2D eigenvalue weighted by molar-refractivity contribution is -0.137. The summed E-state index contributed by atoms with van der Waals surface area (Å²) in [6.07, 6.45) is 4.71. The van der Waals surface area contributed by atoms with Gasteiger partial charge in [-0.2, -0.15) is 4.98 Å². The number of nitrogens with zero attached hydrogens (tertiary/aromatic N) is 7. The van der Waals surface area contributed by atoms with Crippen LogP contribution in [0.4, 0.5) is 27.5 Å². The fourth-order valence-corrected chi connectivity index (χ4v) is 10.7. The molecule has 1 unspecified atom stereocenters. The SMILES string of the molecule is CNC(=O)COc1cc2cc(Nc3nc(N4CCC(F)(CN5CCC6(CC5)CN(c5ccc7c(c5)CN(C5CCC(=O)NC5=O)C7=O)C6(C)C)CC4)ncc3Cl)ccc2n(C(C)C)c1=O. The maximum Gasteiger partial charge on any atom is 0.293 e. The summed E-state index contributed by atoms with van der Waals surface area (Å²) in [4.78, 5) is 80.2. The van der Waals surface area contributed by atoms with Gasteiger partial charge in [-0.05, 0) is 108 Å². The van der Waals surface area contributed by atoms with E-state index >= 15 is 4.39 Å². The first kappa shape index (κ1) is 44.4. The van der Waals surface area contributed by atoms with Gasteiger partial charge in [0.25, 0.3) is 17.4 Å². The maximum atomic E-state index is 16.6. The van der Waals surface area contributed by atoms with Crippen molar-refractivity contribution in [1.29, 1.82) is 0 Å². The number of amides is 4. The fraction of sp³-hybridized carbons (Fsp3) is 0.511. The average molecular weight is 911 g/mol. The van der Waals surface area contributed by atoms with Crippen LogP contribution in [0.5, 0.6) is 5.75 Å². The van der Waals surface area contributed by atoms with Gasteiger partial charge in [-0.1, -0.05) is 11.6 Å². The van der Waals surface area contributed by atoms with E-state index in [4.69, 9.17) is 21.3 Å². The second-order valence-corrected chi connectivity index (χ2v) is 19.5. The number of carbonyl (C=O) groups is 4. The molecule has 0 saturated carbocycles. The Morgan fingerprint density at radius 3 is 2.46 bits per heavy atom. The molecule has 9 rings (SSSR count). The molecule has 16 nitrogen and oxygen atoms in total. The van der Waals surface area contributed by atoms with Crippen molar-refractivity contribution < 1.29 is 28.3 Å². The molecule has 4 amide bonds. The van der Waals surface area contributed by atoms with E-state index in [1.807, 2.05) is 49.1 Å². The number of hydrogen-bond donors (Lipinski definition) is 3. The lowest BCUT2D eigenvalue weighted by Crippen LogP contribution is -2.74. The first-order valence-electron chi connectivity index (χ1n) is 22.5.